The van der Waals surface area contributed by atoms with Crippen molar-refractivity contribution in [1.29, 1.82) is 0 Å². The molecule has 0 N–H and O–H groups in total. The second-order valence-corrected chi connectivity index (χ2v) is 10.8. The second kappa shape index (κ2) is 15.6. The first-order chi connectivity index (χ1) is 21.7. The van der Waals surface area contributed by atoms with E-state index in [1.165, 1.54) is 0 Å². The molecule has 0 fully saturated rings. The normalized spacial score (nSPS) is 14.3. The number of allylic oxidation sites excluding steroid dienone is 1. The number of hydrogen-bond donors (Lipinski definition) is 0. The van der Waals surface area contributed by atoms with Crippen LogP contribution in [0.3, 0.4) is 0 Å². The van der Waals surface area contributed by atoms with E-state index in [1.807, 2.05) is 0 Å². The molecule has 0 radical (unpaired) electrons. The van der Waals surface area contributed by atoms with Crippen molar-refractivity contribution < 1.29 is 103 Å². The van der Waals surface area contributed by atoms with Gasteiger partial charge in [-0.05, 0) is 18.1 Å². The van der Waals surface area contributed by atoms with E-state index < -0.39 is 47.0 Å². The minimum absolute atomic E-state index is 0. The predicted molar refractivity (Wildman–Crippen MR) is 152 cm³/mol. The van der Waals surface area contributed by atoms with Gasteiger partial charge in [-0.1, -0.05) is 66.6 Å². The van der Waals surface area contributed by atoms with Crippen LogP contribution in [0.4, 0.5) is 52.7 Å². The zero-order valence-corrected chi connectivity index (χ0v) is 30.2. The summed E-state index contributed by atoms with van der Waals surface area (Å²) in [6.45, 7) is 1.74. The van der Waals surface area contributed by atoms with Crippen molar-refractivity contribution in [3.05, 3.63) is 142 Å². The van der Waals surface area contributed by atoms with Gasteiger partial charge in [-0.2, -0.15) is 52.7 Å². The van der Waals surface area contributed by atoms with Gasteiger partial charge in [0.05, 0.1) is 0 Å². The smallest absolute Gasteiger partial charge is 1.00 e. The Hall–Kier alpha value is -3.16. The number of hydrogen-bond acceptors (Lipinski definition) is 0. The minimum atomic E-state index is -4.86. The van der Waals surface area contributed by atoms with Gasteiger partial charge >= 0.3 is 50.5 Å². The Balaban J connectivity index is 0.000000327. The maximum atomic E-state index is 13.0. The summed E-state index contributed by atoms with van der Waals surface area (Å²) in [6.07, 6.45) is -16.5. The van der Waals surface area contributed by atoms with E-state index in [-0.39, 0.29) is 79.8 Å². The fourth-order valence-electron chi connectivity index (χ4n) is 5.27. The summed E-state index contributed by atoms with van der Waals surface area (Å²) in [5.41, 5.74) is -3.31. The van der Waals surface area contributed by atoms with Crippen LogP contribution in [0.15, 0.2) is 97.1 Å². The van der Waals surface area contributed by atoms with Gasteiger partial charge in [0.15, 0.2) is 0 Å². The quantitative estimate of drug-likeness (QED) is 0.110. The monoisotopic (exact) mass is 918 g/mol. The minimum Gasteiger partial charge on any atom is -1.00 e. The SMILES string of the molecule is CC1C(c2cc(C(F)(F)F)cc(C(F)(F)F)c2)=[C-]c2ccccc21.FC(F)(F)c1cc(-c2cc3ccccc3[cH-]2)cc(C(F)(F)F)c1.[Cl-].[Cl-].[Hf+4]. The Morgan fingerprint density at radius 1 is 0.540 bits per heavy atom. The summed E-state index contributed by atoms with van der Waals surface area (Å²) in [4.78, 5) is 0. The summed E-state index contributed by atoms with van der Waals surface area (Å²) in [5.74, 6) is -0.328. The van der Waals surface area contributed by atoms with E-state index in [0.717, 1.165) is 40.6 Å². The molecule has 0 bridgehead atoms. The average Bonchev–Trinajstić information content (AvgIpc) is 3.57. The van der Waals surface area contributed by atoms with Crippen LogP contribution in [0, 0.1) is 6.08 Å². The predicted octanol–water partition coefficient (Wildman–Crippen LogP) is 6.34. The molecule has 0 amide bonds. The molecule has 0 heterocycles. The van der Waals surface area contributed by atoms with Gasteiger partial charge in [-0.25, -0.2) is 0 Å². The Labute approximate surface area is 309 Å². The van der Waals surface area contributed by atoms with Crippen molar-refractivity contribution in [2.24, 2.45) is 0 Å². The van der Waals surface area contributed by atoms with Crippen LogP contribution in [0.1, 0.15) is 51.8 Å². The molecule has 262 valence electrons. The van der Waals surface area contributed by atoms with Gasteiger partial charge in [0.1, 0.15) is 0 Å². The third-order valence-electron chi connectivity index (χ3n) is 7.57. The van der Waals surface area contributed by atoms with E-state index in [9.17, 15) is 52.7 Å². The van der Waals surface area contributed by atoms with Crippen molar-refractivity contribution in [2.75, 3.05) is 0 Å². The molecule has 0 saturated heterocycles. The van der Waals surface area contributed by atoms with Gasteiger partial charge in [0.2, 0.25) is 0 Å². The molecular formula is C35H20Cl2F12Hf. The van der Waals surface area contributed by atoms with Crippen molar-refractivity contribution >= 4 is 16.3 Å². The molecule has 0 aromatic heterocycles. The molecule has 15 heteroatoms. The van der Waals surface area contributed by atoms with Gasteiger partial charge in [0, 0.05) is 22.3 Å². The van der Waals surface area contributed by atoms with E-state index in [2.05, 4.69) is 6.08 Å². The van der Waals surface area contributed by atoms with Gasteiger partial charge in [-0.15, -0.1) is 75.5 Å². The summed E-state index contributed by atoms with van der Waals surface area (Å²) >= 11 is 0. The zero-order chi connectivity index (χ0) is 34.5. The van der Waals surface area contributed by atoms with Gasteiger partial charge < -0.3 is 24.8 Å². The molecule has 1 atom stereocenters. The van der Waals surface area contributed by atoms with E-state index in [1.54, 1.807) is 67.6 Å². The summed E-state index contributed by atoms with van der Waals surface area (Å²) in [6, 6.07) is 20.4. The average molecular weight is 918 g/mol. The van der Waals surface area contributed by atoms with Crippen LogP contribution in [-0.4, -0.2) is 0 Å². The molecule has 1 aliphatic rings. The number of halogens is 14. The first kappa shape index (κ1) is 43.0. The second-order valence-electron chi connectivity index (χ2n) is 10.8. The molecule has 1 aliphatic carbocycles. The number of rotatable bonds is 2. The maximum Gasteiger partial charge on any atom is 4.00 e. The van der Waals surface area contributed by atoms with E-state index in [4.69, 9.17) is 0 Å². The van der Waals surface area contributed by atoms with Crippen LogP contribution < -0.4 is 24.8 Å². The van der Waals surface area contributed by atoms with Gasteiger partial charge in [0.25, 0.3) is 0 Å². The molecule has 0 spiro atoms. The zero-order valence-electron chi connectivity index (χ0n) is 25.1. The number of benzene rings is 4. The van der Waals surface area contributed by atoms with E-state index in [0.29, 0.717) is 16.7 Å². The molecule has 5 aromatic carbocycles. The van der Waals surface area contributed by atoms with Crippen molar-refractivity contribution in [2.45, 2.75) is 37.5 Å². The fourth-order valence-corrected chi connectivity index (χ4v) is 5.27. The van der Waals surface area contributed by atoms with Crippen molar-refractivity contribution in [3.63, 3.8) is 0 Å². The van der Waals surface area contributed by atoms with Crippen LogP contribution in [0.5, 0.6) is 0 Å². The number of fused-ring (bicyclic) bond motifs is 2. The molecule has 0 aliphatic heterocycles. The third-order valence-corrected chi connectivity index (χ3v) is 7.57. The van der Waals surface area contributed by atoms with Crippen LogP contribution in [0.2, 0.25) is 0 Å². The maximum absolute atomic E-state index is 13.0. The Kier molecular flexibility index (Phi) is 13.4. The summed E-state index contributed by atoms with van der Waals surface area (Å²) in [5, 5.41) is 1.52. The van der Waals surface area contributed by atoms with Crippen LogP contribution in [-0.2, 0) is 50.5 Å². The van der Waals surface area contributed by atoms with Crippen molar-refractivity contribution in [3.8, 4) is 11.1 Å². The Morgan fingerprint density at radius 2 is 0.960 bits per heavy atom. The van der Waals surface area contributed by atoms with Crippen LogP contribution in [0.25, 0.3) is 27.5 Å². The molecule has 50 heavy (non-hydrogen) atoms. The molecule has 6 rings (SSSR count). The third kappa shape index (κ3) is 9.58. The van der Waals surface area contributed by atoms with Crippen LogP contribution >= 0.6 is 0 Å². The first-order valence-electron chi connectivity index (χ1n) is 13.7. The largest absolute Gasteiger partial charge is 4.00 e. The summed E-state index contributed by atoms with van der Waals surface area (Å²) in [7, 11) is 0. The summed E-state index contributed by atoms with van der Waals surface area (Å²) < 4.78 is 155. The molecular weight excluding hydrogens is 898 g/mol. The standard InChI is InChI=1S/C18H11F6.C17H9F6.2ClH.Hf/c1-10-15-5-3-2-4-11(15)8-16(10)12-6-13(17(19,20)21)9-14(7-12)18(22,23)24;18-16(19,20)14-7-13(8-15(9-14)17(21,22)23)12-5-10-3-1-2-4-11(10)6-12;;;/h2-7,9-10H,1H3;1-9H;2*1H;/q2*-1;;;+4/p-2. The Bertz CT molecular complexity index is 1870. The number of alkyl halides is 12. The fraction of sp³-hybridized carbons (Fsp3) is 0.171. The molecule has 5 aromatic rings. The molecule has 0 nitrogen and oxygen atoms in total. The van der Waals surface area contributed by atoms with Gasteiger partial charge in [-0.3, -0.25) is 0 Å². The van der Waals surface area contributed by atoms with E-state index >= 15 is 0 Å². The first-order valence-corrected chi connectivity index (χ1v) is 13.7. The molecule has 1 unspecified atom stereocenters. The topological polar surface area (TPSA) is 0 Å². The van der Waals surface area contributed by atoms with Crippen molar-refractivity contribution in [1.82, 2.24) is 0 Å². The Morgan fingerprint density at radius 3 is 1.40 bits per heavy atom. The molecule has 0 saturated carbocycles.